The van der Waals surface area contributed by atoms with Crippen LogP contribution in [0.4, 0.5) is 5.13 Å². The van der Waals surface area contributed by atoms with Crippen LogP contribution in [0.25, 0.3) is 0 Å². The number of ether oxygens (including phenoxy) is 3. The minimum atomic E-state index is -0.289. The lowest BCUT2D eigenvalue weighted by Gasteiger charge is -2.25. The van der Waals surface area contributed by atoms with E-state index in [0.29, 0.717) is 36.3 Å². The Balaban J connectivity index is 1.28. The lowest BCUT2D eigenvalue weighted by Crippen LogP contribution is -2.44. The molecule has 1 aromatic carbocycles. The van der Waals surface area contributed by atoms with Gasteiger partial charge in [-0.05, 0) is 30.5 Å². The Morgan fingerprint density at radius 3 is 2.82 bits per heavy atom. The van der Waals surface area contributed by atoms with Gasteiger partial charge in [-0.2, -0.15) is 0 Å². The van der Waals surface area contributed by atoms with Crippen molar-refractivity contribution >= 4 is 34.2 Å². The van der Waals surface area contributed by atoms with Crippen molar-refractivity contribution in [1.29, 1.82) is 0 Å². The van der Waals surface area contributed by atoms with Gasteiger partial charge in [0.1, 0.15) is 0 Å². The van der Waals surface area contributed by atoms with E-state index in [1.54, 1.807) is 17.6 Å². The molecule has 2 aliphatic heterocycles. The summed E-state index contributed by atoms with van der Waals surface area (Å²) in [7, 11) is 0. The van der Waals surface area contributed by atoms with Gasteiger partial charge in [-0.3, -0.25) is 14.4 Å². The van der Waals surface area contributed by atoms with Gasteiger partial charge in [-0.15, -0.1) is 11.3 Å². The van der Waals surface area contributed by atoms with Crippen molar-refractivity contribution in [3.63, 3.8) is 0 Å². The predicted octanol–water partition coefficient (Wildman–Crippen LogP) is 1.91. The molecule has 1 saturated heterocycles. The minimum absolute atomic E-state index is 0.000625. The smallest absolute Gasteiger partial charge is 0.239 e. The number of rotatable bonds is 10. The Hall–Kier alpha value is -3.18. The van der Waals surface area contributed by atoms with E-state index in [2.05, 4.69) is 15.6 Å². The molecule has 176 valence electrons. The molecule has 0 bridgehead atoms. The fraction of sp³-hybridized carbons (Fsp3) is 0.455. The molecule has 2 aliphatic rings. The number of hydrogen-bond donors (Lipinski definition) is 2. The molecule has 11 heteroatoms. The molecule has 2 N–H and O–H groups in total. The number of nitrogens with one attached hydrogen (secondary N) is 2. The van der Waals surface area contributed by atoms with Crippen LogP contribution in [0.3, 0.4) is 0 Å². The van der Waals surface area contributed by atoms with E-state index >= 15 is 0 Å². The topological polar surface area (TPSA) is 119 Å². The van der Waals surface area contributed by atoms with Gasteiger partial charge < -0.3 is 29.7 Å². The molecule has 0 aliphatic carbocycles. The standard InChI is InChI=1S/C22H26N4O6S/c27-19(25-22-23-7-9-33-22)5-6-21(29)26(12-16-2-1-8-30-16)13-20(28)24-11-15-3-4-17-18(10-15)32-14-31-17/h3-4,7,9-10,16H,1-2,5-6,8,11-14H2,(H,24,28)(H,23,25,27)/t16-/m0/s1. The Bertz CT molecular complexity index is 977. The van der Waals surface area contributed by atoms with E-state index in [4.69, 9.17) is 14.2 Å². The molecular formula is C22H26N4O6S. The van der Waals surface area contributed by atoms with E-state index < -0.39 is 0 Å². The maximum absolute atomic E-state index is 12.8. The quantitative estimate of drug-likeness (QED) is 0.540. The Kier molecular flexibility index (Phi) is 7.74. The summed E-state index contributed by atoms with van der Waals surface area (Å²) in [5.41, 5.74) is 0.864. The molecule has 4 rings (SSSR count). The SMILES string of the molecule is O=C(CN(C[C@@H]1CCCO1)C(=O)CCC(=O)Nc1nccs1)NCc1ccc2c(c1)OCO2. The summed E-state index contributed by atoms with van der Waals surface area (Å²) >= 11 is 1.31. The molecule has 3 amide bonds. The van der Waals surface area contributed by atoms with Gasteiger partial charge in [0.15, 0.2) is 16.6 Å². The van der Waals surface area contributed by atoms with E-state index in [1.807, 2.05) is 12.1 Å². The first-order valence-electron chi connectivity index (χ1n) is 10.8. The summed E-state index contributed by atoms with van der Waals surface area (Å²) in [6.07, 6.45) is 3.28. The molecule has 10 nitrogen and oxygen atoms in total. The Labute approximate surface area is 195 Å². The number of thiazole rings is 1. The molecule has 0 saturated carbocycles. The predicted molar refractivity (Wildman–Crippen MR) is 120 cm³/mol. The molecule has 1 aromatic heterocycles. The van der Waals surface area contributed by atoms with Gasteiger partial charge in [-0.1, -0.05) is 6.07 Å². The fourth-order valence-electron chi connectivity index (χ4n) is 3.62. The molecule has 1 atom stereocenters. The summed E-state index contributed by atoms with van der Waals surface area (Å²) in [6.45, 7) is 1.36. The van der Waals surface area contributed by atoms with Crippen LogP contribution in [0, 0.1) is 0 Å². The molecule has 1 fully saturated rings. The average molecular weight is 475 g/mol. The molecule has 33 heavy (non-hydrogen) atoms. The number of benzene rings is 1. The normalized spacial score (nSPS) is 16.4. The zero-order chi connectivity index (χ0) is 23.0. The van der Waals surface area contributed by atoms with Crippen LogP contribution in [-0.2, 0) is 25.7 Å². The van der Waals surface area contributed by atoms with Gasteiger partial charge in [0.25, 0.3) is 0 Å². The number of hydrogen-bond acceptors (Lipinski definition) is 8. The zero-order valence-electron chi connectivity index (χ0n) is 18.1. The Morgan fingerprint density at radius 1 is 1.15 bits per heavy atom. The van der Waals surface area contributed by atoms with Crippen LogP contribution in [0.2, 0.25) is 0 Å². The fourth-order valence-corrected chi connectivity index (χ4v) is 4.16. The summed E-state index contributed by atoms with van der Waals surface area (Å²) in [5.74, 6) is 0.483. The second-order valence-electron chi connectivity index (χ2n) is 7.76. The average Bonchev–Trinajstić information content (AvgIpc) is 3.58. The largest absolute Gasteiger partial charge is 0.454 e. The van der Waals surface area contributed by atoms with Gasteiger partial charge in [0, 0.05) is 44.1 Å². The first kappa shape index (κ1) is 23.0. The third-order valence-corrected chi connectivity index (χ3v) is 5.99. The number of carbonyl (C=O) groups excluding carboxylic acids is 3. The summed E-state index contributed by atoms with van der Waals surface area (Å²) < 4.78 is 16.3. The second-order valence-corrected chi connectivity index (χ2v) is 8.65. The highest BCUT2D eigenvalue weighted by Gasteiger charge is 2.25. The third-order valence-electron chi connectivity index (χ3n) is 5.31. The number of amides is 3. The monoisotopic (exact) mass is 474 g/mol. The minimum Gasteiger partial charge on any atom is -0.454 e. The van der Waals surface area contributed by atoms with Crippen molar-refractivity contribution in [2.45, 2.75) is 38.3 Å². The highest BCUT2D eigenvalue weighted by molar-refractivity contribution is 7.13. The highest BCUT2D eigenvalue weighted by Crippen LogP contribution is 2.32. The van der Waals surface area contributed by atoms with Crippen molar-refractivity contribution < 1.29 is 28.6 Å². The Morgan fingerprint density at radius 2 is 2.03 bits per heavy atom. The maximum Gasteiger partial charge on any atom is 0.239 e. The van der Waals surface area contributed by atoms with Crippen LogP contribution in [0.1, 0.15) is 31.2 Å². The summed E-state index contributed by atoms with van der Waals surface area (Å²) in [4.78, 5) is 43.0. The van der Waals surface area contributed by atoms with Crippen molar-refractivity contribution in [3.05, 3.63) is 35.3 Å². The third kappa shape index (κ3) is 6.65. The van der Waals surface area contributed by atoms with E-state index in [-0.39, 0.29) is 50.0 Å². The molecule has 2 aromatic rings. The maximum atomic E-state index is 12.8. The van der Waals surface area contributed by atoms with Crippen LogP contribution in [0.15, 0.2) is 29.8 Å². The molecule has 0 spiro atoms. The van der Waals surface area contributed by atoms with Crippen molar-refractivity contribution in [3.8, 4) is 11.5 Å². The van der Waals surface area contributed by atoms with Crippen molar-refractivity contribution in [1.82, 2.24) is 15.2 Å². The highest BCUT2D eigenvalue weighted by atomic mass is 32.1. The van der Waals surface area contributed by atoms with E-state index in [9.17, 15) is 14.4 Å². The van der Waals surface area contributed by atoms with Gasteiger partial charge in [0.2, 0.25) is 24.5 Å². The van der Waals surface area contributed by atoms with Crippen LogP contribution in [0.5, 0.6) is 11.5 Å². The zero-order valence-corrected chi connectivity index (χ0v) is 18.9. The van der Waals surface area contributed by atoms with Crippen LogP contribution < -0.4 is 20.1 Å². The molecular weight excluding hydrogens is 448 g/mol. The molecule has 0 unspecified atom stereocenters. The number of fused-ring (bicyclic) bond motifs is 1. The van der Waals surface area contributed by atoms with E-state index in [1.165, 1.54) is 16.2 Å². The summed E-state index contributed by atoms with van der Waals surface area (Å²) in [6, 6.07) is 5.47. The van der Waals surface area contributed by atoms with Crippen molar-refractivity contribution in [2.75, 3.05) is 31.8 Å². The number of nitrogens with zero attached hydrogens (tertiary/aromatic N) is 2. The van der Waals surface area contributed by atoms with Gasteiger partial charge in [-0.25, -0.2) is 4.98 Å². The lowest BCUT2D eigenvalue weighted by atomic mass is 10.2. The van der Waals surface area contributed by atoms with Crippen LogP contribution in [-0.4, -0.2) is 60.2 Å². The van der Waals surface area contributed by atoms with E-state index in [0.717, 1.165) is 18.4 Å². The molecule has 0 radical (unpaired) electrons. The number of anilines is 1. The molecule has 3 heterocycles. The number of carbonyl (C=O) groups is 3. The van der Waals surface area contributed by atoms with Crippen molar-refractivity contribution in [2.24, 2.45) is 0 Å². The first-order valence-corrected chi connectivity index (χ1v) is 11.7. The number of aromatic nitrogens is 1. The van der Waals surface area contributed by atoms with Gasteiger partial charge >= 0.3 is 0 Å². The first-order chi connectivity index (χ1) is 16.1. The second kappa shape index (κ2) is 11.1. The lowest BCUT2D eigenvalue weighted by molar-refractivity contribution is -0.138. The van der Waals surface area contributed by atoms with Crippen LogP contribution >= 0.6 is 11.3 Å². The summed E-state index contributed by atoms with van der Waals surface area (Å²) in [5, 5.41) is 7.75. The van der Waals surface area contributed by atoms with Gasteiger partial charge in [0.05, 0.1) is 12.6 Å².